The van der Waals surface area contributed by atoms with E-state index >= 15 is 0 Å². The summed E-state index contributed by atoms with van der Waals surface area (Å²) in [6.07, 6.45) is 6.89. The number of aromatic nitrogens is 1. The maximum Gasteiger partial charge on any atom is 0.257 e. The molecule has 12 heteroatoms. The van der Waals surface area contributed by atoms with Crippen LogP contribution < -0.4 is 14.8 Å². The van der Waals surface area contributed by atoms with Gasteiger partial charge in [0.2, 0.25) is 10.0 Å². The van der Waals surface area contributed by atoms with E-state index in [0.717, 1.165) is 62.1 Å². The van der Waals surface area contributed by atoms with Gasteiger partial charge in [-0.2, -0.15) is 0 Å². The Morgan fingerprint density at radius 3 is 2.45 bits per heavy atom. The Morgan fingerprint density at radius 2 is 1.77 bits per heavy atom. The minimum absolute atomic E-state index is 0.0466. The summed E-state index contributed by atoms with van der Waals surface area (Å²) in [7, 11) is -1.54. The summed E-state index contributed by atoms with van der Waals surface area (Å²) in [6.45, 7) is 5.02. The lowest BCUT2D eigenvalue weighted by Crippen LogP contribution is -2.47. The first kappa shape index (κ1) is 32.1. The van der Waals surface area contributed by atoms with E-state index in [9.17, 15) is 18.0 Å². The molecule has 2 fully saturated rings. The molecular formula is C32H41N5O5S2. The number of rotatable bonds is 11. The molecule has 2 aliphatic heterocycles. The van der Waals surface area contributed by atoms with Crippen LogP contribution in [0.1, 0.15) is 65.3 Å². The van der Waals surface area contributed by atoms with Gasteiger partial charge in [0.15, 0.2) is 5.13 Å². The number of anilines is 1. The first-order chi connectivity index (χ1) is 21.1. The van der Waals surface area contributed by atoms with Crippen LogP contribution in [-0.2, 0) is 16.4 Å². The fourth-order valence-corrected chi connectivity index (χ4v) is 7.52. The lowest BCUT2D eigenvalue weighted by Gasteiger charge is -2.36. The number of thiazole rings is 1. The molecule has 0 radical (unpaired) electrons. The monoisotopic (exact) mass is 639 g/mol. The molecule has 2 saturated heterocycles. The molecular weight excluding hydrogens is 599 g/mol. The average molecular weight is 640 g/mol. The second kappa shape index (κ2) is 14.2. The van der Waals surface area contributed by atoms with Crippen molar-refractivity contribution in [1.82, 2.24) is 19.5 Å². The summed E-state index contributed by atoms with van der Waals surface area (Å²) in [6, 6.07) is 13.1. The number of amides is 2. The van der Waals surface area contributed by atoms with Crippen molar-refractivity contribution < 1.29 is 22.7 Å². The first-order valence-electron chi connectivity index (χ1n) is 15.2. The van der Waals surface area contributed by atoms with Crippen LogP contribution in [0.25, 0.3) is 11.3 Å². The first-order valence-corrected chi connectivity index (χ1v) is 18.0. The van der Waals surface area contributed by atoms with E-state index in [0.29, 0.717) is 41.9 Å². The molecule has 3 heterocycles. The number of nitrogens with one attached hydrogen (secondary N) is 2. The molecule has 2 aliphatic rings. The Hall–Kier alpha value is -3.32. The molecule has 10 nitrogen and oxygen atoms in total. The molecule has 2 aromatic carbocycles. The summed E-state index contributed by atoms with van der Waals surface area (Å²) in [5.74, 6) is 0.513. The minimum Gasteiger partial charge on any atom is -0.496 e. The summed E-state index contributed by atoms with van der Waals surface area (Å²) in [4.78, 5) is 34.9. The van der Waals surface area contributed by atoms with E-state index in [1.54, 1.807) is 31.4 Å². The third-order valence-electron chi connectivity index (χ3n) is 8.37. The van der Waals surface area contributed by atoms with E-state index in [-0.39, 0.29) is 17.9 Å². The standard InChI is InChI=1S/C32H41N5O5S2/c1-4-5-6-22-7-12-25(19-29(22)42-2)28-21-43-32(33-28)34-30(38)23-8-10-24(11-9-23)31(39)36-17-14-27(15-18-36)37-16-13-26(20-37)35-44(3,40)41/h7-12,19,21,26-27,35H,4-6,13-18,20H2,1-3H3,(H,33,34,38). The number of piperidine rings is 1. The number of ether oxygens (including phenoxy) is 1. The number of methoxy groups -OCH3 is 1. The highest BCUT2D eigenvalue weighted by Gasteiger charge is 2.33. The van der Waals surface area contributed by atoms with E-state index in [4.69, 9.17) is 4.74 Å². The zero-order chi connectivity index (χ0) is 31.3. The number of sulfonamides is 1. The number of hydrogen-bond acceptors (Lipinski definition) is 8. The molecule has 0 aliphatic carbocycles. The van der Waals surface area contributed by atoms with Gasteiger partial charge in [-0.05, 0) is 68.0 Å². The van der Waals surface area contributed by atoms with Crippen molar-refractivity contribution in [1.29, 1.82) is 0 Å². The smallest absolute Gasteiger partial charge is 0.257 e. The zero-order valence-electron chi connectivity index (χ0n) is 25.5. The molecule has 2 N–H and O–H groups in total. The van der Waals surface area contributed by atoms with Crippen LogP contribution in [0.15, 0.2) is 47.8 Å². The Labute approximate surface area is 263 Å². The number of hydrogen-bond donors (Lipinski definition) is 2. The van der Waals surface area contributed by atoms with Gasteiger partial charge in [-0.1, -0.05) is 25.5 Å². The average Bonchev–Trinajstić information content (AvgIpc) is 3.68. The van der Waals surface area contributed by atoms with Crippen LogP contribution in [0, 0.1) is 0 Å². The minimum atomic E-state index is -3.21. The largest absolute Gasteiger partial charge is 0.496 e. The van der Waals surface area contributed by atoms with Crippen molar-refractivity contribution in [2.75, 3.05) is 44.9 Å². The number of benzene rings is 2. The highest BCUT2D eigenvalue weighted by molar-refractivity contribution is 7.88. The second-order valence-corrected chi connectivity index (χ2v) is 14.2. The molecule has 1 aromatic heterocycles. The maximum atomic E-state index is 13.2. The molecule has 3 aromatic rings. The molecule has 0 bridgehead atoms. The third kappa shape index (κ3) is 8.03. The van der Waals surface area contributed by atoms with Crippen LogP contribution >= 0.6 is 11.3 Å². The van der Waals surface area contributed by atoms with Gasteiger partial charge in [-0.25, -0.2) is 18.1 Å². The number of likely N-dealkylation sites (tertiary alicyclic amines) is 2. The fraction of sp³-hybridized carbons (Fsp3) is 0.469. The fourth-order valence-electron chi connectivity index (χ4n) is 6.01. The third-order valence-corrected chi connectivity index (χ3v) is 9.89. The second-order valence-electron chi connectivity index (χ2n) is 11.6. The Bertz CT molecular complexity index is 1570. The number of unbranched alkanes of at least 4 members (excludes halogenated alkanes) is 1. The van der Waals surface area contributed by atoms with Crippen molar-refractivity contribution in [3.8, 4) is 17.0 Å². The van der Waals surface area contributed by atoms with E-state index in [1.807, 2.05) is 22.4 Å². The number of carbonyl (C=O) groups excluding carboxylic acids is 2. The van der Waals surface area contributed by atoms with E-state index in [1.165, 1.54) is 23.2 Å². The highest BCUT2D eigenvalue weighted by atomic mass is 32.2. The van der Waals surface area contributed by atoms with Gasteiger partial charge in [-0.15, -0.1) is 11.3 Å². The molecule has 236 valence electrons. The zero-order valence-corrected chi connectivity index (χ0v) is 27.2. The summed E-state index contributed by atoms with van der Waals surface area (Å²) in [5, 5.41) is 5.29. The number of aryl methyl sites for hydroxylation is 1. The predicted octanol–water partition coefficient (Wildman–Crippen LogP) is 4.64. The van der Waals surface area contributed by atoms with Gasteiger partial charge in [0.25, 0.3) is 11.8 Å². The lowest BCUT2D eigenvalue weighted by atomic mass is 10.0. The van der Waals surface area contributed by atoms with Crippen molar-refractivity contribution in [2.45, 2.75) is 57.5 Å². The number of nitrogens with zero attached hydrogens (tertiary/aromatic N) is 3. The van der Waals surface area contributed by atoms with Gasteiger partial charge in [-0.3, -0.25) is 19.8 Å². The summed E-state index contributed by atoms with van der Waals surface area (Å²) in [5.41, 5.74) is 3.87. The molecule has 5 rings (SSSR count). The Morgan fingerprint density at radius 1 is 1.05 bits per heavy atom. The SMILES string of the molecule is CCCCc1ccc(-c2csc(NC(=O)c3ccc(C(=O)N4CCC(N5CCC(NS(C)(=O)=O)C5)CC4)cc3)n2)cc1OC. The number of carbonyl (C=O) groups is 2. The topological polar surface area (TPSA) is 121 Å². The lowest BCUT2D eigenvalue weighted by molar-refractivity contribution is 0.0642. The normalized spacial score (nSPS) is 18.0. The quantitative estimate of drug-likeness (QED) is 0.314. The molecule has 2 amide bonds. The van der Waals surface area contributed by atoms with Crippen LogP contribution in [0.3, 0.4) is 0 Å². The van der Waals surface area contributed by atoms with Gasteiger partial charge < -0.3 is 9.64 Å². The van der Waals surface area contributed by atoms with Gasteiger partial charge >= 0.3 is 0 Å². The maximum absolute atomic E-state index is 13.2. The summed E-state index contributed by atoms with van der Waals surface area (Å²) >= 11 is 1.36. The highest BCUT2D eigenvalue weighted by Crippen LogP contribution is 2.31. The van der Waals surface area contributed by atoms with Crippen molar-refractivity contribution >= 4 is 38.3 Å². The molecule has 44 heavy (non-hydrogen) atoms. The van der Waals surface area contributed by atoms with Gasteiger partial charge in [0, 0.05) is 60.3 Å². The molecule has 1 atom stereocenters. The van der Waals surface area contributed by atoms with E-state index < -0.39 is 10.0 Å². The van der Waals surface area contributed by atoms with Crippen LogP contribution in [0.4, 0.5) is 5.13 Å². The molecule has 0 saturated carbocycles. The summed E-state index contributed by atoms with van der Waals surface area (Å²) < 4.78 is 31.4. The van der Waals surface area contributed by atoms with Crippen LogP contribution in [-0.4, -0.2) is 86.6 Å². The van der Waals surface area contributed by atoms with Crippen LogP contribution in [0.5, 0.6) is 5.75 Å². The van der Waals surface area contributed by atoms with Crippen molar-refractivity contribution in [3.05, 3.63) is 64.5 Å². The van der Waals surface area contributed by atoms with E-state index in [2.05, 4.69) is 32.9 Å². The molecule has 0 spiro atoms. The molecule has 1 unspecified atom stereocenters. The van der Waals surface area contributed by atoms with Crippen molar-refractivity contribution in [3.63, 3.8) is 0 Å². The predicted molar refractivity (Wildman–Crippen MR) is 174 cm³/mol. The van der Waals surface area contributed by atoms with Crippen LogP contribution in [0.2, 0.25) is 0 Å². The van der Waals surface area contributed by atoms with Crippen molar-refractivity contribution in [2.24, 2.45) is 0 Å². The Balaban J connectivity index is 1.13. The van der Waals surface area contributed by atoms with Gasteiger partial charge in [0.05, 0.1) is 19.1 Å². The van der Waals surface area contributed by atoms with Gasteiger partial charge in [0.1, 0.15) is 5.75 Å². The Kier molecular flexibility index (Phi) is 10.3.